The normalized spacial score (nSPS) is 26.8. The molecule has 72 valence electrons. The summed E-state index contributed by atoms with van der Waals surface area (Å²) >= 11 is 0. The molecule has 4 heteroatoms. The van der Waals surface area contributed by atoms with E-state index in [9.17, 15) is 13.6 Å². The number of rotatable bonds is 2. The van der Waals surface area contributed by atoms with Crippen LogP contribution >= 0.6 is 0 Å². The van der Waals surface area contributed by atoms with E-state index in [-0.39, 0.29) is 12.8 Å². The summed E-state index contributed by atoms with van der Waals surface area (Å²) in [7, 11) is 0. The molecule has 1 rings (SSSR count). The molecule has 0 aromatic rings. The second kappa shape index (κ2) is 3.33. The van der Waals surface area contributed by atoms with Gasteiger partial charge < -0.3 is 4.74 Å². The molecule has 2 atom stereocenters. The zero-order chi connectivity index (χ0) is 10.1. The van der Waals surface area contributed by atoms with E-state index in [0.717, 1.165) is 0 Å². The molecular formula is C9H10F2O2. The first-order valence-electron chi connectivity index (χ1n) is 4.02. The number of carbonyl (C=O) groups is 1. The molecule has 0 saturated heterocycles. The Hall–Kier alpha value is -1.11. The fourth-order valence-corrected chi connectivity index (χ4v) is 1.09. The maximum absolute atomic E-state index is 12.7. The average molecular weight is 188 g/mol. The zero-order valence-electron chi connectivity index (χ0n) is 7.22. The minimum Gasteiger partial charge on any atom is -0.449 e. The Bertz CT molecular complexity index is 255. The lowest BCUT2D eigenvalue weighted by Gasteiger charge is -2.34. The third-order valence-corrected chi connectivity index (χ3v) is 2.09. The highest BCUT2D eigenvalue weighted by Gasteiger charge is 2.53. The van der Waals surface area contributed by atoms with Crippen molar-refractivity contribution in [3.8, 4) is 12.3 Å². The van der Waals surface area contributed by atoms with Gasteiger partial charge in [0, 0.05) is 6.42 Å². The highest BCUT2D eigenvalue weighted by Crippen LogP contribution is 2.44. The van der Waals surface area contributed by atoms with E-state index in [4.69, 9.17) is 6.42 Å². The van der Waals surface area contributed by atoms with Crippen LogP contribution < -0.4 is 0 Å². The third-order valence-electron chi connectivity index (χ3n) is 2.09. The molecule has 1 aliphatic rings. The van der Waals surface area contributed by atoms with Gasteiger partial charge in [0.2, 0.25) is 0 Å². The Morgan fingerprint density at radius 2 is 2.38 bits per heavy atom. The number of ether oxygens (including phenoxy) is 1. The fraction of sp³-hybridized carbons (Fsp3) is 0.667. The molecular weight excluding hydrogens is 178 g/mol. The SMILES string of the molecule is C#CC(C)OC(=O)C1CCC1(F)F. The number of carbonyl (C=O) groups excluding carboxylic acids is 1. The number of halogens is 2. The quantitative estimate of drug-likeness (QED) is 0.486. The Morgan fingerprint density at radius 3 is 2.69 bits per heavy atom. The van der Waals surface area contributed by atoms with Crippen LogP contribution in [0, 0.1) is 18.3 Å². The monoisotopic (exact) mass is 188 g/mol. The number of terminal acetylenes is 1. The van der Waals surface area contributed by atoms with E-state index in [1.54, 1.807) is 0 Å². The summed E-state index contributed by atoms with van der Waals surface area (Å²) in [5.74, 6) is -2.94. The van der Waals surface area contributed by atoms with Gasteiger partial charge >= 0.3 is 5.97 Å². The first kappa shape index (κ1) is 9.97. The second-order valence-corrected chi connectivity index (χ2v) is 3.10. The van der Waals surface area contributed by atoms with Gasteiger partial charge in [-0.25, -0.2) is 8.78 Å². The molecule has 0 spiro atoms. The average Bonchev–Trinajstić information content (AvgIpc) is 2.02. The topological polar surface area (TPSA) is 26.3 Å². The van der Waals surface area contributed by atoms with Gasteiger partial charge in [-0.2, -0.15) is 0 Å². The Balaban J connectivity index is 2.46. The second-order valence-electron chi connectivity index (χ2n) is 3.10. The Kier molecular flexibility index (Phi) is 2.55. The van der Waals surface area contributed by atoms with Crippen LogP contribution in [0.2, 0.25) is 0 Å². The summed E-state index contributed by atoms with van der Waals surface area (Å²) in [5.41, 5.74) is 0. The van der Waals surface area contributed by atoms with Crippen LogP contribution in [0.1, 0.15) is 19.8 Å². The van der Waals surface area contributed by atoms with Crippen molar-refractivity contribution in [3.63, 3.8) is 0 Å². The summed E-state index contributed by atoms with van der Waals surface area (Å²) in [4.78, 5) is 11.0. The maximum atomic E-state index is 12.7. The van der Waals surface area contributed by atoms with Crippen LogP contribution in [0.3, 0.4) is 0 Å². The van der Waals surface area contributed by atoms with Crippen molar-refractivity contribution in [2.24, 2.45) is 5.92 Å². The largest absolute Gasteiger partial charge is 0.449 e. The predicted molar refractivity (Wildman–Crippen MR) is 42.1 cm³/mol. The molecule has 0 N–H and O–H groups in total. The summed E-state index contributed by atoms with van der Waals surface area (Å²) in [5, 5.41) is 0. The van der Waals surface area contributed by atoms with Crippen LogP contribution in [0.15, 0.2) is 0 Å². The van der Waals surface area contributed by atoms with Crippen LogP contribution in [0.5, 0.6) is 0 Å². The van der Waals surface area contributed by atoms with E-state index in [1.807, 2.05) is 0 Å². The van der Waals surface area contributed by atoms with Gasteiger partial charge in [0.1, 0.15) is 5.92 Å². The molecule has 0 heterocycles. The van der Waals surface area contributed by atoms with E-state index in [0.29, 0.717) is 0 Å². The molecule has 1 fully saturated rings. The molecule has 0 aromatic heterocycles. The van der Waals surface area contributed by atoms with Crippen molar-refractivity contribution < 1.29 is 18.3 Å². The Labute approximate surface area is 75.3 Å². The molecule has 0 bridgehead atoms. The van der Waals surface area contributed by atoms with Gasteiger partial charge in [0.05, 0.1) is 0 Å². The van der Waals surface area contributed by atoms with Crippen molar-refractivity contribution in [1.82, 2.24) is 0 Å². The van der Waals surface area contributed by atoms with Crippen molar-refractivity contribution in [2.45, 2.75) is 31.8 Å². The van der Waals surface area contributed by atoms with Crippen LogP contribution in [0.4, 0.5) is 8.78 Å². The van der Waals surface area contributed by atoms with Crippen molar-refractivity contribution in [2.75, 3.05) is 0 Å². The minimum absolute atomic E-state index is 0.184. The molecule has 1 aliphatic carbocycles. The lowest BCUT2D eigenvalue weighted by Crippen LogP contribution is -2.45. The molecule has 0 amide bonds. The van der Waals surface area contributed by atoms with E-state index in [1.165, 1.54) is 6.92 Å². The Morgan fingerprint density at radius 1 is 1.77 bits per heavy atom. The van der Waals surface area contributed by atoms with Crippen molar-refractivity contribution in [1.29, 1.82) is 0 Å². The number of hydrogen-bond donors (Lipinski definition) is 0. The lowest BCUT2D eigenvalue weighted by molar-refractivity contribution is -0.185. The molecule has 13 heavy (non-hydrogen) atoms. The van der Waals surface area contributed by atoms with Crippen LogP contribution in [0.25, 0.3) is 0 Å². The van der Waals surface area contributed by atoms with Crippen molar-refractivity contribution >= 4 is 5.97 Å². The number of alkyl halides is 2. The molecule has 0 aliphatic heterocycles. The van der Waals surface area contributed by atoms with Crippen LogP contribution in [-0.4, -0.2) is 18.0 Å². The lowest BCUT2D eigenvalue weighted by atomic mass is 9.81. The molecule has 0 radical (unpaired) electrons. The zero-order valence-corrected chi connectivity index (χ0v) is 7.22. The summed E-state index contributed by atoms with van der Waals surface area (Å²) < 4.78 is 29.9. The first-order chi connectivity index (χ1) is 5.97. The fourth-order valence-electron chi connectivity index (χ4n) is 1.09. The highest BCUT2D eigenvalue weighted by atomic mass is 19.3. The molecule has 2 unspecified atom stereocenters. The standard InChI is InChI=1S/C9H10F2O2/c1-3-6(2)13-8(12)7-4-5-9(7,10)11/h1,6-7H,4-5H2,2H3. The third kappa shape index (κ3) is 1.97. The maximum Gasteiger partial charge on any atom is 0.316 e. The van der Waals surface area contributed by atoms with E-state index in [2.05, 4.69) is 10.7 Å². The van der Waals surface area contributed by atoms with Gasteiger partial charge in [0.25, 0.3) is 5.92 Å². The molecule has 0 aromatic carbocycles. The van der Waals surface area contributed by atoms with Gasteiger partial charge in [-0.15, -0.1) is 6.42 Å². The van der Waals surface area contributed by atoms with Gasteiger partial charge in [-0.3, -0.25) is 4.79 Å². The van der Waals surface area contributed by atoms with E-state index >= 15 is 0 Å². The molecule has 2 nitrogen and oxygen atoms in total. The molecule has 1 saturated carbocycles. The van der Waals surface area contributed by atoms with Gasteiger partial charge in [0.15, 0.2) is 6.10 Å². The summed E-state index contributed by atoms with van der Waals surface area (Å²) in [6, 6.07) is 0. The van der Waals surface area contributed by atoms with Gasteiger partial charge in [-0.1, -0.05) is 5.92 Å². The van der Waals surface area contributed by atoms with E-state index < -0.39 is 23.9 Å². The first-order valence-corrected chi connectivity index (χ1v) is 4.02. The predicted octanol–water partition coefficient (Wildman–Crippen LogP) is 1.60. The minimum atomic E-state index is -2.90. The van der Waals surface area contributed by atoms with Crippen LogP contribution in [-0.2, 0) is 9.53 Å². The smallest absolute Gasteiger partial charge is 0.316 e. The highest BCUT2D eigenvalue weighted by molar-refractivity contribution is 5.75. The summed E-state index contributed by atoms with van der Waals surface area (Å²) in [6.07, 6.45) is 4.15. The summed E-state index contributed by atoms with van der Waals surface area (Å²) in [6.45, 7) is 1.47. The van der Waals surface area contributed by atoms with Crippen molar-refractivity contribution in [3.05, 3.63) is 0 Å². The number of hydrogen-bond acceptors (Lipinski definition) is 2. The number of esters is 1. The van der Waals surface area contributed by atoms with Gasteiger partial charge in [-0.05, 0) is 13.3 Å².